The van der Waals surface area contributed by atoms with E-state index in [9.17, 15) is 64.5 Å². The Morgan fingerprint density at radius 2 is 0.686 bits per heavy atom. The monoisotopic (exact) mass is 1890 g/mol. The molecule has 27 atom stereocenters. The molecule has 0 aromatic heterocycles. The van der Waals surface area contributed by atoms with Crippen LogP contribution in [-0.4, -0.2) is 272 Å². The van der Waals surface area contributed by atoms with Crippen LogP contribution in [0.3, 0.4) is 0 Å². The van der Waals surface area contributed by atoms with E-state index in [1.54, 1.807) is 60.2 Å². The molecule has 5 amide bonds. The lowest BCUT2D eigenvalue weighted by molar-refractivity contribution is -0.183. The van der Waals surface area contributed by atoms with E-state index in [2.05, 4.69) is 137 Å². The molecule has 6 heterocycles. The lowest BCUT2D eigenvalue weighted by Crippen LogP contribution is -2.62. The number of nitrogens with one attached hydrogen (secondary N) is 5. The third kappa shape index (κ3) is 22.8. The van der Waals surface area contributed by atoms with Gasteiger partial charge in [-0.2, -0.15) is 15.2 Å². The highest BCUT2D eigenvalue weighted by atomic mass is 16.7. The summed E-state index contributed by atoms with van der Waals surface area (Å²) in [5, 5.41) is 92.9. The second kappa shape index (κ2) is 43.9. The Kier molecular flexibility index (Phi) is 33.5. The zero-order valence-electron chi connectivity index (χ0n) is 82.4. The molecule has 9 aliphatic carbocycles. The first-order valence-corrected chi connectivity index (χ1v) is 50.0. The summed E-state index contributed by atoms with van der Waals surface area (Å²) in [5.41, 5.74) is 16.5. The SMILES string of the molecule is C.CN1CC[C@H](N)C1.C[C@H](O)[C@@H]1[C@H](CO)ON(Cc2cccc(-c3ccc(C(=O)N[C@H]4CCN(C)C4)cc3)c2)[C@@H]1C(=O)NC1C[C@H]2C[C@@H]([C@@H]1C)C2(C)C.C[C@H](O)[C@@H]1[C@H](CO)ON(Cc2cccc(-c3ccc(C(=O)N[C@H]4CCN(C)C4)cc3)c2)[C@@H]1C(=O)NC1C[C@H]2C[C@@H]([C@@H]1C)C2(C)C.C[C@H](O)[C@@H]1[C@H](CO)ON(Cc2cccc(-c3ccc(C(=O)O)cc3)c2)[C@@H]1C(=O)NC1C[C@H]2C[C@@H]([C@@H]1C)C2(C)C. The van der Waals surface area contributed by atoms with Crippen LogP contribution in [-0.2, 0) is 48.5 Å². The van der Waals surface area contributed by atoms with Crippen LogP contribution in [0.25, 0.3) is 33.4 Å². The largest absolute Gasteiger partial charge is 0.478 e. The average Bonchev–Trinajstić information content (AvgIpc) is 1.30. The first-order chi connectivity index (χ1) is 64.7. The summed E-state index contributed by atoms with van der Waals surface area (Å²) in [6, 6.07) is 44.7. The van der Waals surface area contributed by atoms with Gasteiger partial charge in [0.1, 0.15) is 36.4 Å². The number of aromatic carboxylic acids is 1. The number of carbonyl (C=O) groups is 6. The Morgan fingerprint density at radius 1 is 0.401 bits per heavy atom. The summed E-state index contributed by atoms with van der Waals surface area (Å²) in [4.78, 5) is 104. The standard InChI is InChI=1S/2C36H50N4O5.C31H40N2O6.C5H12N2.CH4/c2*1-21-29-16-27(36(29,3)4)17-30(21)38-35(44)33-32(22(2)42)31(20-41)45-40(33)18-23-7-6-8-26(15-23)24-9-11-25(12-10-24)34(43)37-28-13-14-39(5)19-28;1-17-24-13-23(31(24,3)4)14-25(17)32-29(36)28-27(18(2)35)26(16-34)39-33(28)15-19-6-5-7-22(12-19)20-8-10-21(11-9-20)30(37)38;1-7-3-2-5(6)4-7;/h2*6-12,15,21-22,27-33,41-42H,13-14,16-20H2,1-5H3,(H,37,43)(H,38,44);5-12,17-18,23-28,34-35H,13-16H2,1-4H3,(H,32,36)(H,37,38);5H,2-4,6H2,1H3;1H4/t2*21-,22-,27+,28-,29-,30?,31-,32+,33-;17-,18-,23+,24-,25?,26-,27+,28-;5-;/m0000./s1. The Labute approximate surface area is 811 Å². The predicted octanol–water partition coefficient (Wildman–Crippen LogP) is 10.9. The van der Waals surface area contributed by atoms with E-state index in [4.69, 9.17) is 20.2 Å². The van der Waals surface area contributed by atoms with E-state index < -0.39 is 78.5 Å². The number of carbonyl (C=O) groups excluding carboxylic acids is 5. The minimum Gasteiger partial charge on any atom is -0.478 e. The van der Waals surface area contributed by atoms with Crippen LogP contribution in [0.1, 0.15) is 196 Å². The normalized spacial score (nSPS) is 32.9. The lowest BCUT2D eigenvalue weighted by atomic mass is 9.45. The number of hydroxylamine groups is 6. The van der Waals surface area contributed by atoms with Gasteiger partial charge >= 0.3 is 5.97 Å². The first-order valence-electron chi connectivity index (χ1n) is 50.0. The average molecular weight is 1890 g/mol. The van der Waals surface area contributed by atoms with E-state index in [-0.39, 0.29) is 99.1 Å². The highest BCUT2D eigenvalue weighted by Crippen LogP contribution is 2.64. The highest BCUT2D eigenvalue weighted by Gasteiger charge is 2.61. The number of carboxylic acid groups (broad SMARTS) is 1. The van der Waals surface area contributed by atoms with Crippen molar-refractivity contribution in [1.29, 1.82) is 0 Å². The summed E-state index contributed by atoms with van der Waals surface area (Å²) < 4.78 is 0. The van der Waals surface area contributed by atoms with Gasteiger partial charge < -0.3 is 82.8 Å². The second-order valence-electron chi connectivity index (χ2n) is 44.1. The van der Waals surface area contributed by atoms with Crippen LogP contribution in [0.2, 0.25) is 0 Å². The summed E-state index contributed by atoms with van der Waals surface area (Å²) >= 11 is 0. The number of rotatable bonds is 26. The molecule has 137 heavy (non-hydrogen) atoms. The molecule has 748 valence electrons. The predicted molar refractivity (Wildman–Crippen MR) is 529 cm³/mol. The van der Waals surface area contributed by atoms with E-state index in [0.717, 1.165) is 115 Å². The van der Waals surface area contributed by atoms with Crippen LogP contribution in [0.5, 0.6) is 0 Å². The number of nitrogens with two attached hydrogens (primary N) is 1. The van der Waals surface area contributed by atoms with Crippen LogP contribution < -0.4 is 32.3 Å². The number of aliphatic hydroxyl groups excluding tert-OH is 6. The van der Waals surface area contributed by atoms with Gasteiger partial charge in [-0.05, 0) is 294 Å². The van der Waals surface area contributed by atoms with Crippen molar-refractivity contribution in [2.75, 3.05) is 80.2 Å². The van der Waals surface area contributed by atoms with Crippen LogP contribution in [0, 0.1) is 87.3 Å². The van der Waals surface area contributed by atoms with Gasteiger partial charge in [-0.1, -0.05) is 161 Å². The molecule has 0 radical (unpaired) electrons. The van der Waals surface area contributed by atoms with Crippen molar-refractivity contribution in [3.63, 3.8) is 0 Å². The molecular formula is C109H156N12O16. The van der Waals surface area contributed by atoms with Crippen molar-refractivity contribution in [3.05, 3.63) is 179 Å². The van der Waals surface area contributed by atoms with E-state index >= 15 is 0 Å². The second-order valence-corrected chi connectivity index (χ2v) is 44.1. The highest BCUT2D eigenvalue weighted by molar-refractivity contribution is 5.96. The number of amides is 5. The maximum atomic E-state index is 14.0. The quantitative estimate of drug-likeness (QED) is 0.0240. The smallest absolute Gasteiger partial charge is 0.335 e. The van der Waals surface area contributed by atoms with Crippen molar-refractivity contribution >= 4 is 35.5 Å². The van der Waals surface area contributed by atoms with Gasteiger partial charge in [0.05, 0.1) is 63.3 Å². The maximum absolute atomic E-state index is 14.0. The Morgan fingerprint density at radius 3 is 0.912 bits per heavy atom. The molecule has 6 aliphatic heterocycles. The molecule has 28 nitrogen and oxygen atoms in total. The van der Waals surface area contributed by atoms with E-state index in [0.29, 0.717) is 99.8 Å². The van der Waals surface area contributed by atoms with Gasteiger partial charge in [0.25, 0.3) is 11.8 Å². The number of likely N-dealkylation sites (N-methyl/N-ethyl adjacent to an activating group) is 3. The molecule has 6 aromatic rings. The molecule has 15 fully saturated rings. The third-order valence-electron chi connectivity index (χ3n) is 34.3. The van der Waals surface area contributed by atoms with E-state index in [1.807, 2.05) is 109 Å². The minimum atomic E-state index is -0.972. The van der Waals surface area contributed by atoms with Crippen molar-refractivity contribution in [3.8, 4) is 33.4 Å². The fourth-order valence-electron chi connectivity index (χ4n) is 25.6. The summed E-state index contributed by atoms with van der Waals surface area (Å²) in [6.45, 7) is 31.8. The summed E-state index contributed by atoms with van der Waals surface area (Å²) in [6.07, 6.45) is 5.10. The maximum Gasteiger partial charge on any atom is 0.335 e. The van der Waals surface area contributed by atoms with Crippen molar-refractivity contribution in [2.24, 2.45) is 93.0 Å². The van der Waals surface area contributed by atoms with Crippen LogP contribution in [0.4, 0.5) is 0 Å². The van der Waals surface area contributed by atoms with Crippen LogP contribution in [0.15, 0.2) is 146 Å². The molecule has 3 unspecified atom stereocenters. The van der Waals surface area contributed by atoms with Gasteiger partial charge in [0.2, 0.25) is 17.7 Å². The Hall–Kier alpha value is -8.50. The molecule has 28 heteroatoms. The number of hydrogen-bond acceptors (Lipinski definition) is 22. The zero-order valence-corrected chi connectivity index (χ0v) is 82.4. The third-order valence-corrected chi connectivity index (χ3v) is 34.3. The van der Waals surface area contributed by atoms with Crippen molar-refractivity contribution < 1.29 is 79.0 Å². The van der Waals surface area contributed by atoms with Gasteiger partial charge in [-0.25, -0.2) is 4.79 Å². The zero-order chi connectivity index (χ0) is 97.4. The first kappa shape index (κ1) is 104. The van der Waals surface area contributed by atoms with Crippen LogP contribution >= 0.6 is 0 Å². The molecule has 21 rings (SSSR count). The molecule has 14 N–H and O–H groups in total. The number of likely N-dealkylation sites (tertiary alicyclic amines) is 3. The molecule has 0 spiro atoms. The number of nitrogens with zero attached hydrogens (tertiary/aromatic N) is 6. The number of benzene rings is 6. The van der Waals surface area contributed by atoms with Crippen molar-refractivity contribution in [1.82, 2.24) is 56.5 Å². The minimum absolute atomic E-state index is 0. The number of fused-ring (bicyclic) bond motifs is 6. The molecule has 9 saturated carbocycles. The van der Waals surface area contributed by atoms with Crippen molar-refractivity contribution in [2.45, 2.75) is 259 Å². The molecule has 6 aromatic carbocycles. The summed E-state index contributed by atoms with van der Waals surface area (Å²) in [7, 11) is 6.24. The van der Waals surface area contributed by atoms with Gasteiger partial charge in [-0.3, -0.25) is 38.5 Å². The fourth-order valence-corrected chi connectivity index (χ4v) is 25.6. The molecule has 6 saturated heterocycles. The molecule has 15 aliphatic rings. The topological polar surface area (TPSA) is 377 Å². The fraction of sp³-hybridized carbons (Fsp3) is 0.615. The Bertz CT molecular complexity index is 4900. The van der Waals surface area contributed by atoms with Gasteiger partial charge in [-0.15, -0.1) is 0 Å². The van der Waals surface area contributed by atoms with Gasteiger partial charge in [0, 0.05) is 84.8 Å². The lowest BCUT2D eigenvalue weighted by Gasteiger charge is -2.62. The molecular weight excluding hydrogens is 1730 g/mol. The number of carboxylic acids is 1. The van der Waals surface area contributed by atoms with Gasteiger partial charge in [0.15, 0.2) is 0 Å². The number of aliphatic hydroxyl groups is 6. The Balaban J connectivity index is 0.000000158. The van der Waals surface area contributed by atoms with E-state index in [1.165, 1.54) is 32.2 Å². The number of hydrogen-bond donors (Lipinski definition) is 13. The molecule has 6 bridgehead atoms. The summed E-state index contributed by atoms with van der Waals surface area (Å²) in [5.74, 6) is 1.45.